The first kappa shape index (κ1) is 22.5. The minimum atomic E-state index is -1.55. The summed E-state index contributed by atoms with van der Waals surface area (Å²) in [7, 11) is -1.55. The molecular weight excluding hydrogens is 425 g/mol. The van der Waals surface area contributed by atoms with E-state index in [0.717, 1.165) is 0 Å². The molecule has 1 saturated heterocycles. The van der Waals surface area contributed by atoms with Crippen LogP contribution in [0.15, 0.2) is 6.33 Å². The van der Waals surface area contributed by atoms with Crippen LogP contribution in [0, 0.1) is 5.41 Å². The van der Waals surface area contributed by atoms with Gasteiger partial charge in [0, 0.05) is 0 Å². The van der Waals surface area contributed by atoms with Crippen LogP contribution in [0.25, 0.3) is 11.2 Å². The largest absolute Gasteiger partial charge is 0.396 e. The van der Waals surface area contributed by atoms with Crippen molar-refractivity contribution in [1.29, 1.82) is 0 Å². The summed E-state index contributed by atoms with van der Waals surface area (Å²) in [5, 5.41) is 20.9. The number of rotatable bonds is 9. The lowest BCUT2D eigenvalue weighted by molar-refractivity contribution is -0.0586. The van der Waals surface area contributed by atoms with E-state index in [9.17, 15) is 10.2 Å². The highest BCUT2D eigenvalue weighted by Crippen LogP contribution is 2.48. The Morgan fingerprint density at radius 3 is 2.62 bits per heavy atom. The third kappa shape index (κ3) is 4.33. The van der Waals surface area contributed by atoms with E-state index in [1.54, 1.807) is 11.5 Å². The molecule has 0 bridgehead atoms. The maximum atomic E-state index is 10.9. The van der Waals surface area contributed by atoms with E-state index in [1.807, 2.05) is 13.8 Å². The van der Waals surface area contributed by atoms with Crippen molar-refractivity contribution in [1.82, 2.24) is 19.5 Å². The summed E-state index contributed by atoms with van der Waals surface area (Å²) < 4.78 is 24.1. The second kappa shape index (κ2) is 9.32. The summed E-state index contributed by atoms with van der Waals surface area (Å²) in [4.78, 5) is 12.3. The van der Waals surface area contributed by atoms with Crippen molar-refractivity contribution in [2.24, 2.45) is 5.41 Å². The molecule has 1 aliphatic heterocycles. The molecule has 162 valence electrons. The van der Waals surface area contributed by atoms with E-state index in [2.05, 4.69) is 15.0 Å². The van der Waals surface area contributed by atoms with Crippen LogP contribution in [-0.2, 0) is 18.3 Å². The van der Waals surface area contributed by atoms with Crippen molar-refractivity contribution < 1.29 is 28.5 Å². The van der Waals surface area contributed by atoms with Gasteiger partial charge in [0.1, 0.15) is 17.8 Å². The van der Waals surface area contributed by atoms with Crippen LogP contribution < -0.4 is 5.73 Å². The Morgan fingerprint density at radius 1 is 1.31 bits per heavy atom. The molecule has 0 radical (unpaired) electrons. The van der Waals surface area contributed by atoms with Crippen molar-refractivity contribution in [3.63, 3.8) is 0 Å². The lowest BCUT2D eigenvalue weighted by Gasteiger charge is -2.31. The molecule has 0 aliphatic carbocycles. The van der Waals surface area contributed by atoms with Gasteiger partial charge in [-0.1, -0.05) is 6.92 Å². The van der Waals surface area contributed by atoms with Gasteiger partial charge >= 0.3 is 8.60 Å². The van der Waals surface area contributed by atoms with Crippen LogP contribution in [0.3, 0.4) is 0 Å². The van der Waals surface area contributed by atoms with Crippen LogP contribution in [0.5, 0.6) is 0 Å². The minimum absolute atomic E-state index is 0.0173. The summed E-state index contributed by atoms with van der Waals surface area (Å²) in [6.07, 6.45) is -1.11. The topological polar surface area (TPSA) is 147 Å². The van der Waals surface area contributed by atoms with Gasteiger partial charge in [0.2, 0.25) is 5.28 Å². The summed E-state index contributed by atoms with van der Waals surface area (Å²) in [5.74, 6) is 0.127. The van der Waals surface area contributed by atoms with Crippen molar-refractivity contribution in [3.05, 3.63) is 11.6 Å². The van der Waals surface area contributed by atoms with E-state index in [1.165, 1.54) is 6.33 Å². The van der Waals surface area contributed by atoms with Crippen molar-refractivity contribution in [3.8, 4) is 0 Å². The van der Waals surface area contributed by atoms with E-state index in [-0.39, 0.29) is 24.3 Å². The van der Waals surface area contributed by atoms with Crippen molar-refractivity contribution in [2.75, 3.05) is 32.2 Å². The predicted molar refractivity (Wildman–Crippen MR) is 106 cm³/mol. The number of halogens is 1. The standard InChI is InChI=1S/C16H25ClN5O6P/c1-4-25-29(26-5-2)27-6-9-11(24)16(3,7-23)14(28-9)22-8-19-10-12(18)20-15(17)21-13(10)22/h8-9,11,14,23-24H,4-7H2,1-3H3,(H2,18,20,21)/t9?,11?,14?,16-/m1/s1. The normalized spacial score (nSPS) is 27.3. The molecule has 0 aromatic carbocycles. The molecular formula is C16H25ClN5O6P. The summed E-state index contributed by atoms with van der Waals surface area (Å²) in [6, 6.07) is 0. The lowest BCUT2D eigenvalue weighted by Crippen LogP contribution is -2.41. The third-order valence-electron chi connectivity index (χ3n) is 4.72. The summed E-state index contributed by atoms with van der Waals surface area (Å²) in [5.41, 5.74) is 5.49. The molecule has 11 nitrogen and oxygen atoms in total. The smallest absolute Gasteiger partial charge is 0.332 e. The first-order chi connectivity index (χ1) is 13.8. The molecule has 13 heteroatoms. The number of anilines is 1. The van der Waals surface area contributed by atoms with Gasteiger partial charge in [0.15, 0.2) is 11.5 Å². The average Bonchev–Trinajstić information content (AvgIpc) is 3.20. The highest BCUT2D eigenvalue weighted by molar-refractivity contribution is 7.41. The molecule has 0 amide bonds. The van der Waals surface area contributed by atoms with E-state index < -0.39 is 32.5 Å². The van der Waals surface area contributed by atoms with Gasteiger partial charge in [0.05, 0.1) is 44.3 Å². The number of hydrogen-bond donors (Lipinski definition) is 3. The van der Waals surface area contributed by atoms with Gasteiger partial charge in [-0.25, -0.2) is 4.98 Å². The quantitative estimate of drug-likeness (QED) is 0.381. The zero-order valence-electron chi connectivity index (χ0n) is 16.4. The second-order valence-electron chi connectivity index (χ2n) is 6.69. The Hall–Kier alpha value is -1.17. The molecule has 2 aromatic rings. The Kier molecular flexibility index (Phi) is 7.23. The third-order valence-corrected chi connectivity index (χ3v) is 6.19. The second-order valence-corrected chi connectivity index (χ2v) is 8.25. The van der Waals surface area contributed by atoms with Gasteiger partial charge in [-0.15, -0.1) is 0 Å². The maximum absolute atomic E-state index is 10.9. The number of imidazole rings is 1. The van der Waals surface area contributed by atoms with Crippen molar-refractivity contribution >= 4 is 37.2 Å². The number of fused-ring (bicyclic) bond motifs is 1. The van der Waals surface area contributed by atoms with E-state index >= 15 is 0 Å². The molecule has 3 rings (SSSR count). The number of aromatic nitrogens is 4. The first-order valence-electron chi connectivity index (χ1n) is 9.14. The molecule has 29 heavy (non-hydrogen) atoms. The van der Waals surface area contributed by atoms with Gasteiger partial charge in [-0.2, -0.15) is 9.97 Å². The van der Waals surface area contributed by atoms with Gasteiger partial charge in [-0.05, 0) is 25.4 Å². The minimum Gasteiger partial charge on any atom is -0.396 e. The molecule has 1 aliphatic rings. The maximum Gasteiger partial charge on any atom is 0.332 e. The number of aliphatic hydroxyl groups is 2. The molecule has 0 spiro atoms. The molecule has 0 saturated carbocycles. The Balaban J connectivity index is 1.86. The molecule has 4 N–H and O–H groups in total. The average molecular weight is 450 g/mol. The number of hydrogen-bond acceptors (Lipinski definition) is 10. The fourth-order valence-corrected chi connectivity index (χ4v) is 4.28. The fourth-order valence-electron chi connectivity index (χ4n) is 3.19. The highest BCUT2D eigenvalue weighted by Gasteiger charge is 2.54. The molecule has 1 fully saturated rings. The predicted octanol–water partition coefficient (Wildman–Crippen LogP) is 1.64. The lowest BCUT2D eigenvalue weighted by atomic mass is 9.83. The van der Waals surface area contributed by atoms with Crippen molar-refractivity contribution in [2.45, 2.75) is 39.2 Å². The van der Waals surface area contributed by atoms with Gasteiger partial charge < -0.3 is 34.3 Å². The number of nitrogen functional groups attached to an aromatic ring is 1. The highest BCUT2D eigenvalue weighted by atomic mass is 35.5. The van der Waals surface area contributed by atoms with Crippen LogP contribution in [0.1, 0.15) is 27.0 Å². The molecule has 3 unspecified atom stereocenters. The zero-order valence-corrected chi connectivity index (χ0v) is 18.0. The Bertz CT molecular complexity index is 837. The van der Waals surface area contributed by atoms with Crippen LogP contribution in [-0.4, -0.2) is 68.4 Å². The number of nitrogens with zero attached hydrogens (tertiary/aromatic N) is 4. The van der Waals surface area contributed by atoms with Crippen LogP contribution in [0.2, 0.25) is 5.28 Å². The first-order valence-corrected chi connectivity index (χ1v) is 10.6. The van der Waals surface area contributed by atoms with Gasteiger partial charge in [-0.3, -0.25) is 4.57 Å². The number of nitrogens with two attached hydrogens (primary N) is 1. The van der Waals surface area contributed by atoms with Crippen LogP contribution >= 0.6 is 20.2 Å². The summed E-state index contributed by atoms with van der Waals surface area (Å²) in [6.45, 7) is 5.90. The Labute approximate surface area is 174 Å². The fraction of sp³-hybridized carbons (Fsp3) is 0.688. The molecule has 3 heterocycles. The summed E-state index contributed by atoms with van der Waals surface area (Å²) >= 11 is 5.94. The number of ether oxygens (including phenoxy) is 1. The monoisotopic (exact) mass is 449 g/mol. The zero-order chi connectivity index (χ0) is 21.2. The Morgan fingerprint density at radius 2 is 2.00 bits per heavy atom. The van der Waals surface area contributed by atoms with Gasteiger partial charge in [0.25, 0.3) is 0 Å². The van der Waals surface area contributed by atoms with E-state index in [0.29, 0.717) is 24.4 Å². The SMILES string of the molecule is CCOP(OCC)OCC1OC(n2cnc3c(N)nc(Cl)nc32)[C@](C)(CO)C1O. The number of aliphatic hydroxyl groups excluding tert-OH is 2. The molecule has 4 atom stereocenters. The molecule has 2 aromatic heterocycles. The van der Waals surface area contributed by atoms with E-state index in [4.69, 9.17) is 35.6 Å². The van der Waals surface area contributed by atoms with Crippen LogP contribution in [0.4, 0.5) is 5.82 Å².